The van der Waals surface area contributed by atoms with Crippen LogP contribution in [0.3, 0.4) is 0 Å². The third-order valence-corrected chi connectivity index (χ3v) is 4.25. The van der Waals surface area contributed by atoms with E-state index in [-0.39, 0.29) is 11.6 Å². The predicted molar refractivity (Wildman–Crippen MR) is 107 cm³/mol. The number of rotatable bonds is 6. The van der Waals surface area contributed by atoms with Gasteiger partial charge in [-0.3, -0.25) is 4.79 Å². The van der Waals surface area contributed by atoms with Crippen molar-refractivity contribution < 1.29 is 9.53 Å². The van der Waals surface area contributed by atoms with Crippen LogP contribution < -0.4 is 15.4 Å². The second-order valence-corrected chi connectivity index (χ2v) is 6.14. The van der Waals surface area contributed by atoms with E-state index in [4.69, 9.17) is 16.3 Å². The fourth-order valence-corrected chi connectivity index (χ4v) is 2.56. The molecule has 0 atom stereocenters. The van der Waals surface area contributed by atoms with Crippen LogP contribution in [-0.4, -0.2) is 22.5 Å². The number of aromatic nitrogens is 2. The third kappa shape index (κ3) is 4.74. The van der Waals surface area contributed by atoms with Gasteiger partial charge in [-0.1, -0.05) is 17.7 Å². The Balaban J connectivity index is 1.65. The number of hydrogen-bond donors (Lipinski definition) is 2. The Morgan fingerprint density at radius 2 is 1.89 bits per heavy atom. The molecule has 0 saturated carbocycles. The zero-order valence-corrected chi connectivity index (χ0v) is 15.7. The Hall–Kier alpha value is -3.12. The number of anilines is 3. The number of nitrogens with one attached hydrogen (secondary N) is 2. The predicted octanol–water partition coefficient (Wildman–Crippen LogP) is 4.83. The van der Waals surface area contributed by atoms with Crippen molar-refractivity contribution in [2.45, 2.75) is 13.8 Å². The molecule has 2 aromatic carbocycles. The number of nitrogens with zero attached hydrogens (tertiary/aromatic N) is 2. The summed E-state index contributed by atoms with van der Waals surface area (Å²) in [4.78, 5) is 20.7. The number of benzene rings is 2. The molecule has 0 radical (unpaired) electrons. The lowest BCUT2D eigenvalue weighted by Crippen LogP contribution is -2.14. The largest absolute Gasteiger partial charge is 0.494 e. The average molecular weight is 383 g/mol. The average Bonchev–Trinajstić information content (AvgIpc) is 2.68. The van der Waals surface area contributed by atoms with E-state index in [9.17, 15) is 4.79 Å². The van der Waals surface area contributed by atoms with Crippen molar-refractivity contribution >= 4 is 34.7 Å². The van der Waals surface area contributed by atoms with Crippen molar-refractivity contribution in [3.8, 4) is 5.75 Å². The molecule has 0 spiro atoms. The molecule has 0 bridgehead atoms. The first kappa shape index (κ1) is 18.7. The SMILES string of the molecule is CCOc1ccc(NC(=O)c2cnc(Nc3cccc(Cl)c3C)cn2)cc1. The van der Waals surface area contributed by atoms with Crippen LogP contribution in [0.5, 0.6) is 5.75 Å². The summed E-state index contributed by atoms with van der Waals surface area (Å²) in [5.41, 5.74) is 2.63. The highest BCUT2D eigenvalue weighted by Crippen LogP contribution is 2.25. The van der Waals surface area contributed by atoms with Crippen molar-refractivity contribution in [1.82, 2.24) is 9.97 Å². The van der Waals surface area contributed by atoms with Gasteiger partial charge in [0.2, 0.25) is 0 Å². The zero-order valence-electron chi connectivity index (χ0n) is 15.0. The highest BCUT2D eigenvalue weighted by Gasteiger charge is 2.10. The van der Waals surface area contributed by atoms with Gasteiger partial charge in [0, 0.05) is 16.4 Å². The van der Waals surface area contributed by atoms with Crippen LogP contribution in [0.2, 0.25) is 5.02 Å². The molecule has 1 aromatic heterocycles. The van der Waals surface area contributed by atoms with Gasteiger partial charge in [-0.05, 0) is 55.8 Å². The number of hydrogen-bond acceptors (Lipinski definition) is 5. The van der Waals surface area contributed by atoms with Crippen LogP contribution in [0.4, 0.5) is 17.2 Å². The van der Waals surface area contributed by atoms with Gasteiger partial charge in [0.1, 0.15) is 17.3 Å². The minimum Gasteiger partial charge on any atom is -0.494 e. The van der Waals surface area contributed by atoms with Crippen molar-refractivity contribution in [3.05, 3.63) is 71.1 Å². The monoisotopic (exact) mass is 382 g/mol. The highest BCUT2D eigenvalue weighted by atomic mass is 35.5. The number of halogens is 1. The summed E-state index contributed by atoms with van der Waals surface area (Å²) in [7, 11) is 0. The van der Waals surface area contributed by atoms with Gasteiger partial charge in [0.25, 0.3) is 5.91 Å². The molecule has 0 aliphatic rings. The van der Waals surface area contributed by atoms with Crippen LogP contribution in [0.25, 0.3) is 0 Å². The molecule has 3 rings (SSSR count). The van der Waals surface area contributed by atoms with E-state index in [1.807, 2.05) is 32.0 Å². The molecule has 138 valence electrons. The summed E-state index contributed by atoms with van der Waals surface area (Å²) in [6.45, 7) is 4.42. The second kappa shape index (κ2) is 8.51. The molecule has 1 amide bonds. The molecular formula is C20H19ClN4O2. The van der Waals surface area contributed by atoms with Crippen LogP contribution in [-0.2, 0) is 0 Å². The summed E-state index contributed by atoms with van der Waals surface area (Å²) >= 11 is 6.11. The number of ether oxygens (including phenoxy) is 1. The van der Waals surface area contributed by atoms with Gasteiger partial charge in [0.15, 0.2) is 0 Å². The molecule has 0 fully saturated rings. The van der Waals surface area contributed by atoms with E-state index in [2.05, 4.69) is 20.6 Å². The van der Waals surface area contributed by atoms with Crippen LogP contribution in [0.15, 0.2) is 54.9 Å². The smallest absolute Gasteiger partial charge is 0.275 e. The fourth-order valence-electron chi connectivity index (χ4n) is 2.39. The Morgan fingerprint density at radius 1 is 1.11 bits per heavy atom. The third-order valence-electron chi connectivity index (χ3n) is 3.84. The molecule has 0 saturated heterocycles. The normalized spacial score (nSPS) is 10.3. The van der Waals surface area contributed by atoms with Gasteiger partial charge in [-0.2, -0.15) is 0 Å². The molecule has 1 heterocycles. The quantitative estimate of drug-likeness (QED) is 0.638. The second-order valence-electron chi connectivity index (χ2n) is 5.74. The van der Waals surface area contributed by atoms with Gasteiger partial charge < -0.3 is 15.4 Å². The first-order chi connectivity index (χ1) is 13.1. The van der Waals surface area contributed by atoms with Crippen LogP contribution in [0, 0.1) is 6.92 Å². The Kier molecular flexibility index (Phi) is 5.88. The maximum absolute atomic E-state index is 12.3. The first-order valence-electron chi connectivity index (χ1n) is 8.45. The molecule has 6 nitrogen and oxygen atoms in total. The lowest BCUT2D eigenvalue weighted by atomic mass is 10.2. The van der Waals surface area contributed by atoms with E-state index in [1.165, 1.54) is 12.4 Å². The van der Waals surface area contributed by atoms with Gasteiger partial charge in [0.05, 0.1) is 19.0 Å². The summed E-state index contributed by atoms with van der Waals surface area (Å²) in [6.07, 6.45) is 2.93. The van der Waals surface area contributed by atoms with Crippen LogP contribution >= 0.6 is 11.6 Å². The Labute approximate surface area is 162 Å². The molecule has 3 aromatic rings. The standard InChI is InChI=1S/C20H19ClN4O2/c1-3-27-15-9-7-14(8-10-15)24-20(26)18-11-23-19(12-22-18)25-17-6-4-5-16(21)13(17)2/h4-12H,3H2,1-2H3,(H,23,25)(H,24,26). The van der Waals surface area contributed by atoms with E-state index in [0.29, 0.717) is 23.1 Å². The molecule has 27 heavy (non-hydrogen) atoms. The van der Waals surface area contributed by atoms with E-state index in [1.54, 1.807) is 24.3 Å². The summed E-state index contributed by atoms with van der Waals surface area (Å²) in [5.74, 6) is 0.942. The maximum Gasteiger partial charge on any atom is 0.275 e. The number of carbonyl (C=O) groups excluding carboxylic acids is 1. The van der Waals surface area contributed by atoms with Crippen molar-refractivity contribution in [2.24, 2.45) is 0 Å². The molecule has 2 N–H and O–H groups in total. The number of amides is 1. The van der Waals surface area contributed by atoms with Crippen molar-refractivity contribution in [1.29, 1.82) is 0 Å². The van der Waals surface area contributed by atoms with E-state index < -0.39 is 0 Å². The number of carbonyl (C=O) groups is 1. The lowest BCUT2D eigenvalue weighted by Gasteiger charge is -2.10. The fraction of sp³-hybridized carbons (Fsp3) is 0.150. The van der Waals surface area contributed by atoms with Gasteiger partial charge in [-0.25, -0.2) is 9.97 Å². The minimum atomic E-state index is -0.336. The van der Waals surface area contributed by atoms with Crippen molar-refractivity contribution in [3.63, 3.8) is 0 Å². The van der Waals surface area contributed by atoms with E-state index >= 15 is 0 Å². The maximum atomic E-state index is 12.3. The molecule has 0 unspecified atom stereocenters. The van der Waals surface area contributed by atoms with E-state index in [0.717, 1.165) is 17.0 Å². The van der Waals surface area contributed by atoms with Crippen LogP contribution in [0.1, 0.15) is 23.0 Å². The van der Waals surface area contributed by atoms with Crippen molar-refractivity contribution in [2.75, 3.05) is 17.2 Å². The Bertz CT molecular complexity index is 928. The zero-order chi connectivity index (χ0) is 19.2. The topological polar surface area (TPSA) is 76.1 Å². The molecular weight excluding hydrogens is 364 g/mol. The summed E-state index contributed by atoms with van der Waals surface area (Å²) < 4.78 is 5.38. The molecule has 7 heteroatoms. The molecule has 0 aliphatic heterocycles. The Morgan fingerprint density at radius 3 is 2.56 bits per heavy atom. The summed E-state index contributed by atoms with van der Waals surface area (Å²) in [5, 5.41) is 6.59. The van der Waals surface area contributed by atoms with Gasteiger partial charge >= 0.3 is 0 Å². The van der Waals surface area contributed by atoms with Gasteiger partial charge in [-0.15, -0.1) is 0 Å². The lowest BCUT2D eigenvalue weighted by molar-refractivity contribution is 0.102. The molecule has 0 aliphatic carbocycles. The first-order valence-corrected chi connectivity index (χ1v) is 8.83. The summed E-state index contributed by atoms with van der Waals surface area (Å²) in [6, 6.07) is 12.7. The minimum absolute atomic E-state index is 0.220. The highest BCUT2D eigenvalue weighted by molar-refractivity contribution is 6.31.